The minimum Gasteiger partial charge on any atom is -0.392 e. The van der Waals surface area contributed by atoms with Crippen LogP contribution in [-0.2, 0) is 10.0 Å². The molecule has 1 aromatic heterocycles. The van der Waals surface area contributed by atoms with Crippen LogP contribution < -0.4 is 15.4 Å². The summed E-state index contributed by atoms with van der Waals surface area (Å²) >= 11 is 0. The molecule has 40 heavy (non-hydrogen) atoms. The third kappa shape index (κ3) is 4.47. The van der Waals surface area contributed by atoms with Gasteiger partial charge in [0.05, 0.1) is 36.6 Å². The molecule has 2 amide bonds. The van der Waals surface area contributed by atoms with Gasteiger partial charge in [-0.25, -0.2) is 18.2 Å². The van der Waals surface area contributed by atoms with E-state index in [0.717, 1.165) is 44.1 Å². The SMILES string of the molecule is CS(=O)(=O)Nc1ccc(NC(=O)NC2C3CC4CC2CC(C(O)CC2c5ccccc5-c5cncn52)(C4)C3)cc1. The summed E-state index contributed by atoms with van der Waals surface area (Å²) in [4.78, 5) is 17.4. The lowest BCUT2D eigenvalue weighted by atomic mass is 9.46. The van der Waals surface area contributed by atoms with Crippen LogP contribution in [0.1, 0.15) is 50.1 Å². The molecule has 4 bridgehead atoms. The van der Waals surface area contributed by atoms with Gasteiger partial charge < -0.3 is 20.3 Å². The molecule has 210 valence electrons. The van der Waals surface area contributed by atoms with Crippen molar-refractivity contribution < 1.29 is 18.3 Å². The second-order valence-electron chi connectivity index (χ2n) is 12.4. The first-order chi connectivity index (χ1) is 19.2. The molecular formula is C30H35N5O4S. The molecule has 10 heteroatoms. The smallest absolute Gasteiger partial charge is 0.319 e. The molecule has 0 saturated heterocycles. The van der Waals surface area contributed by atoms with Crippen LogP contribution in [0.5, 0.6) is 0 Å². The Hall–Kier alpha value is -3.37. The number of carbonyl (C=O) groups excluding carboxylic acids is 1. The molecule has 1 aliphatic heterocycles. The van der Waals surface area contributed by atoms with Gasteiger partial charge in [0.15, 0.2) is 0 Å². The molecular weight excluding hydrogens is 526 g/mol. The van der Waals surface area contributed by atoms with Crippen molar-refractivity contribution in [3.05, 3.63) is 66.6 Å². The first-order valence-electron chi connectivity index (χ1n) is 14.1. The van der Waals surface area contributed by atoms with E-state index in [1.54, 1.807) is 24.3 Å². The number of benzene rings is 2. The third-order valence-corrected chi connectivity index (χ3v) is 10.4. The summed E-state index contributed by atoms with van der Waals surface area (Å²) < 4.78 is 27.5. The molecule has 4 fully saturated rings. The summed E-state index contributed by atoms with van der Waals surface area (Å²) in [6.45, 7) is 0. The Morgan fingerprint density at radius 1 is 1.07 bits per heavy atom. The summed E-state index contributed by atoms with van der Waals surface area (Å²) in [5, 5.41) is 18.0. The number of carbonyl (C=O) groups is 1. The van der Waals surface area contributed by atoms with Gasteiger partial charge in [-0.2, -0.15) is 0 Å². The number of urea groups is 1. The Morgan fingerprint density at radius 2 is 1.77 bits per heavy atom. The van der Waals surface area contributed by atoms with Gasteiger partial charge in [0.1, 0.15) is 0 Å². The number of aliphatic hydroxyl groups is 1. The zero-order chi connectivity index (χ0) is 27.6. The van der Waals surface area contributed by atoms with Crippen molar-refractivity contribution >= 4 is 27.4 Å². The highest BCUT2D eigenvalue weighted by molar-refractivity contribution is 7.92. The lowest BCUT2D eigenvalue weighted by Gasteiger charge is -2.61. The van der Waals surface area contributed by atoms with Crippen LogP contribution in [0, 0.1) is 23.2 Å². The summed E-state index contributed by atoms with van der Waals surface area (Å²) in [6, 6.07) is 15.0. The van der Waals surface area contributed by atoms with Crippen molar-refractivity contribution in [2.24, 2.45) is 23.2 Å². The molecule has 2 heterocycles. The maximum Gasteiger partial charge on any atom is 0.319 e. The summed E-state index contributed by atoms with van der Waals surface area (Å²) in [5.41, 5.74) is 4.53. The number of hydrogen-bond acceptors (Lipinski definition) is 5. The van der Waals surface area contributed by atoms with Crippen molar-refractivity contribution in [1.29, 1.82) is 0 Å². The van der Waals surface area contributed by atoms with Crippen LogP contribution in [-0.4, -0.2) is 47.5 Å². The molecule has 2 aromatic carbocycles. The van der Waals surface area contributed by atoms with Crippen LogP contribution in [0.3, 0.4) is 0 Å². The van der Waals surface area contributed by atoms with Crippen molar-refractivity contribution in [2.45, 2.75) is 56.7 Å². The Labute approximate surface area is 234 Å². The van der Waals surface area contributed by atoms with Gasteiger partial charge in [-0.05, 0) is 91.5 Å². The monoisotopic (exact) mass is 561 g/mol. The Kier molecular flexibility index (Phi) is 5.98. The normalized spacial score (nSPS) is 30.4. The number of imidazole rings is 1. The molecule has 4 N–H and O–H groups in total. The van der Waals surface area contributed by atoms with Gasteiger partial charge >= 0.3 is 6.03 Å². The second-order valence-corrected chi connectivity index (χ2v) is 14.2. The van der Waals surface area contributed by atoms with E-state index in [4.69, 9.17) is 0 Å². The van der Waals surface area contributed by atoms with E-state index in [1.807, 2.05) is 12.5 Å². The number of sulfonamides is 1. The van der Waals surface area contributed by atoms with Crippen LogP contribution in [0.25, 0.3) is 11.3 Å². The number of rotatable bonds is 7. The van der Waals surface area contributed by atoms with E-state index in [9.17, 15) is 18.3 Å². The van der Waals surface area contributed by atoms with Gasteiger partial charge in [0.25, 0.3) is 0 Å². The number of nitrogens with zero attached hydrogens (tertiary/aromatic N) is 2. The molecule has 4 saturated carbocycles. The van der Waals surface area contributed by atoms with Crippen molar-refractivity contribution in [1.82, 2.24) is 14.9 Å². The second kappa shape index (κ2) is 9.34. The Balaban J connectivity index is 1.02. The average molecular weight is 562 g/mol. The molecule has 0 radical (unpaired) electrons. The fourth-order valence-corrected chi connectivity index (χ4v) is 9.08. The molecule has 5 aliphatic rings. The van der Waals surface area contributed by atoms with E-state index >= 15 is 0 Å². The van der Waals surface area contributed by atoms with E-state index in [-0.39, 0.29) is 23.5 Å². The van der Waals surface area contributed by atoms with Crippen LogP contribution in [0.2, 0.25) is 0 Å². The molecule has 8 rings (SSSR count). The molecule has 9 nitrogen and oxygen atoms in total. The lowest BCUT2D eigenvalue weighted by molar-refractivity contribution is -0.135. The standard InChI is InChI=1S/C30H35N5O4S/c1-40(38,39)34-22-8-6-21(7-9-22)32-29(37)33-28-19-10-18-11-20(28)15-30(13-18,14-19)27(36)12-25-23-4-2-3-5-24(23)26-16-31-17-35(25)26/h2-9,16-20,25,27-28,34,36H,10-15H2,1H3,(H2,32,33,37). The number of aliphatic hydroxyl groups excluding tert-OH is 1. The first-order valence-corrected chi connectivity index (χ1v) is 16.0. The van der Waals surface area contributed by atoms with E-state index in [1.165, 1.54) is 11.1 Å². The van der Waals surface area contributed by atoms with Crippen LogP contribution >= 0.6 is 0 Å². The molecule has 4 unspecified atom stereocenters. The minimum atomic E-state index is -3.36. The topological polar surface area (TPSA) is 125 Å². The fourth-order valence-electron chi connectivity index (χ4n) is 8.52. The Bertz CT molecular complexity index is 1540. The van der Waals surface area contributed by atoms with E-state index < -0.39 is 16.1 Å². The third-order valence-electron chi connectivity index (χ3n) is 9.82. The quantitative estimate of drug-likeness (QED) is 0.336. The number of fused-ring (bicyclic) bond motifs is 3. The minimum absolute atomic E-state index is 0.0930. The zero-order valence-corrected chi connectivity index (χ0v) is 23.3. The van der Waals surface area contributed by atoms with Crippen molar-refractivity contribution in [3.63, 3.8) is 0 Å². The number of anilines is 2. The highest BCUT2D eigenvalue weighted by atomic mass is 32.2. The lowest BCUT2D eigenvalue weighted by Crippen LogP contribution is -2.62. The predicted octanol–water partition coefficient (Wildman–Crippen LogP) is 4.59. The summed E-state index contributed by atoms with van der Waals surface area (Å²) in [6.07, 6.45) is 10.3. The summed E-state index contributed by atoms with van der Waals surface area (Å²) in [5.74, 6) is 1.31. The van der Waals surface area contributed by atoms with Gasteiger partial charge in [-0.15, -0.1) is 0 Å². The number of nitrogens with one attached hydrogen (secondary N) is 3. The van der Waals surface area contributed by atoms with Gasteiger partial charge in [0, 0.05) is 23.0 Å². The maximum atomic E-state index is 13.0. The number of aromatic nitrogens is 2. The largest absolute Gasteiger partial charge is 0.392 e. The fraction of sp³-hybridized carbons (Fsp3) is 0.467. The molecule has 0 spiro atoms. The van der Waals surface area contributed by atoms with Crippen LogP contribution in [0.15, 0.2) is 61.1 Å². The number of hydrogen-bond donors (Lipinski definition) is 4. The van der Waals surface area contributed by atoms with Gasteiger partial charge in [-0.3, -0.25) is 4.72 Å². The molecule has 4 aliphatic carbocycles. The first kappa shape index (κ1) is 25.6. The van der Waals surface area contributed by atoms with Crippen molar-refractivity contribution in [2.75, 3.05) is 16.3 Å². The zero-order valence-electron chi connectivity index (χ0n) is 22.5. The maximum absolute atomic E-state index is 13.0. The highest BCUT2D eigenvalue weighted by Crippen LogP contribution is 2.62. The van der Waals surface area contributed by atoms with Gasteiger partial charge in [-0.1, -0.05) is 24.3 Å². The predicted molar refractivity (Wildman–Crippen MR) is 153 cm³/mol. The molecule has 4 atom stereocenters. The van der Waals surface area contributed by atoms with E-state index in [0.29, 0.717) is 35.5 Å². The summed E-state index contributed by atoms with van der Waals surface area (Å²) in [7, 11) is -3.36. The number of amides is 2. The average Bonchev–Trinajstić information content (AvgIpc) is 3.49. The van der Waals surface area contributed by atoms with E-state index in [2.05, 4.69) is 49.2 Å². The van der Waals surface area contributed by atoms with Gasteiger partial charge in [0.2, 0.25) is 10.0 Å². The highest BCUT2D eigenvalue weighted by Gasteiger charge is 2.58. The molecule has 3 aromatic rings. The Morgan fingerprint density at radius 3 is 2.50 bits per heavy atom. The van der Waals surface area contributed by atoms with Crippen molar-refractivity contribution in [3.8, 4) is 11.3 Å². The van der Waals surface area contributed by atoms with Crippen LogP contribution in [0.4, 0.5) is 16.2 Å².